The number of rotatable bonds is 36. The van der Waals surface area contributed by atoms with E-state index in [2.05, 4.69) is 24.3 Å². The molecule has 0 saturated heterocycles. The molecule has 0 radical (unpaired) electrons. The SMILES string of the molecule is COc1ccc(OC)c(CCCCCCC(CCCCCCc2cc(OC)ccc2OC)(CCCCCCc2cc(OC)ccc2OC)CCCCCCc2cc(OC)ccc2OC)c1. The van der Waals surface area contributed by atoms with E-state index in [4.69, 9.17) is 37.9 Å². The van der Waals surface area contributed by atoms with E-state index >= 15 is 0 Å². The summed E-state index contributed by atoms with van der Waals surface area (Å²) >= 11 is 0. The predicted octanol–water partition coefficient (Wildman–Crippen LogP) is 14.8. The lowest BCUT2D eigenvalue weighted by Gasteiger charge is -2.35. The quantitative estimate of drug-likeness (QED) is 0.0418. The molecular weight excluding hydrogens is 813 g/mol. The van der Waals surface area contributed by atoms with E-state index in [1.54, 1.807) is 56.9 Å². The maximum atomic E-state index is 5.69. The summed E-state index contributed by atoms with van der Waals surface area (Å²) in [4.78, 5) is 0. The van der Waals surface area contributed by atoms with Gasteiger partial charge < -0.3 is 37.9 Å². The highest BCUT2D eigenvalue weighted by atomic mass is 16.5. The molecule has 0 fully saturated rings. The van der Waals surface area contributed by atoms with Crippen LogP contribution in [0.25, 0.3) is 0 Å². The Morgan fingerprint density at radius 1 is 0.262 bits per heavy atom. The molecule has 65 heavy (non-hydrogen) atoms. The van der Waals surface area contributed by atoms with Crippen LogP contribution in [0.4, 0.5) is 0 Å². The molecule has 8 nitrogen and oxygen atoms in total. The average molecular weight is 897 g/mol. The summed E-state index contributed by atoms with van der Waals surface area (Å²) in [6.07, 6.45) is 29.1. The molecule has 0 N–H and O–H groups in total. The molecule has 8 heteroatoms. The Balaban J connectivity index is 1.40. The topological polar surface area (TPSA) is 73.8 Å². The fourth-order valence-electron chi connectivity index (χ4n) is 9.74. The average Bonchev–Trinajstić information content (AvgIpc) is 3.35. The minimum Gasteiger partial charge on any atom is -0.497 e. The van der Waals surface area contributed by atoms with Crippen molar-refractivity contribution in [2.24, 2.45) is 5.41 Å². The number of benzene rings is 4. The summed E-state index contributed by atoms with van der Waals surface area (Å²) in [5, 5.41) is 0. The first kappa shape index (κ1) is 52.9. The van der Waals surface area contributed by atoms with Gasteiger partial charge in [-0.25, -0.2) is 0 Å². The third-order valence-electron chi connectivity index (χ3n) is 13.6. The molecule has 0 aliphatic rings. The Hall–Kier alpha value is -4.72. The van der Waals surface area contributed by atoms with Crippen molar-refractivity contribution in [3.63, 3.8) is 0 Å². The number of ether oxygens (including phenoxy) is 8. The zero-order chi connectivity index (χ0) is 46.5. The molecule has 0 bridgehead atoms. The molecule has 4 aromatic carbocycles. The standard InChI is InChI=1S/C57H84O8/c1-58-49-29-33-53(62-5)45(41-49)25-17-9-13-21-37-57(38-22-14-10-18-26-46-42-50(59-2)30-34-54(46)63-6,39-23-15-11-19-27-47-43-51(60-3)31-35-55(47)64-7)40-24-16-12-20-28-48-44-52(61-4)32-36-56(48)65-8/h29-36,41-44H,9-28,37-40H2,1-8H3. The summed E-state index contributed by atoms with van der Waals surface area (Å²) < 4.78 is 44.9. The van der Waals surface area contributed by atoms with Crippen molar-refractivity contribution in [3.8, 4) is 46.0 Å². The first-order valence-electron chi connectivity index (χ1n) is 24.7. The van der Waals surface area contributed by atoms with Crippen molar-refractivity contribution in [2.75, 3.05) is 56.9 Å². The summed E-state index contributed by atoms with van der Waals surface area (Å²) in [7, 11) is 14.0. The second kappa shape index (κ2) is 30.5. The highest BCUT2D eigenvalue weighted by Gasteiger charge is 2.28. The Morgan fingerprint density at radius 2 is 0.477 bits per heavy atom. The van der Waals surface area contributed by atoms with Gasteiger partial charge in [-0.3, -0.25) is 0 Å². The molecule has 4 rings (SSSR count). The van der Waals surface area contributed by atoms with Gasteiger partial charge in [0, 0.05) is 0 Å². The Labute approximate surface area is 394 Å². The van der Waals surface area contributed by atoms with Crippen LogP contribution < -0.4 is 37.9 Å². The Kier molecular flexibility index (Phi) is 24.8. The van der Waals surface area contributed by atoms with Gasteiger partial charge in [0.1, 0.15) is 46.0 Å². The van der Waals surface area contributed by atoms with Gasteiger partial charge in [0.25, 0.3) is 0 Å². The molecule has 4 aromatic rings. The van der Waals surface area contributed by atoms with Gasteiger partial charge in [-0.05, 0) is 178 Å². The van der Waals surface area contributed by atoms with Crippen molar-refractivity contribution in [1.82, 2.24) is 0 Å². The predicted molar refractivity (Wildman–Crippen MR) is 268 cm³/mol. The highest BCUT2D eigenvalue weighted by Crippen LogP contribution is 2.43. The van der Waals surface area contributed by atoms with Gasteiger partial charge in [0.05, 0.1) is 56.9 Å². The van der Waals surface area contributed by atoms with Gasteiger partial charge in [-0.2, -0.15) is 0 Å². The molecular formula is C57H84O8. The lowest BCUT2D eigenvalue weighted by atomic mass is 9.70. The summed E-state index contributed by atoms with van der Waals surface area (Å²) in [5.41, 5.74) is 5.32. The van der Waals surface area contributed by atoms with Crippen molar-refractivity contribution in [3.05, 3.63) is 95.1 Å². The van der Waals surface area contributed by atoms with Crippen LogP contribution in [0.15, 0.2) is 72.8 Å². The van der Waals surface area contributed by atoms with Crippen molar-refractivity contribution < 1.29 is 37.9 Å². The molecule has 0 amide bonds. The number of methoxy groups -OCH3 is 8. The molecule has 0 aromatic heterocycles. The molecule has 0 aliphatic carbocycles. The van der Waals surface area contributed by atoms with E-state index in [1.165, 1.54) is 125 Å². The van der Waals surface area contributed by atoms with E-state index in [-0.39, 0.29) is 0 Å². The number of hydrogen-bond acceptors (Lipinski definition) is 8. The van der Waals surface area contributed by atoms with Crippen LogP contribution in [0, 0.1) is 5.41 Å². The van der Waals surface area contributed by atoms with Crippen molar-refractivity contribution in [2.45, 2.75) is 154 Å². The van der Waals surface area contributed by atoms with Crippen LogP contribution in [-0.2, 0) is 25.7 Å². The third-order valence-corrected chi connectivity index (χ3v) is 13.6. The summed E-state index contributed by atoms with van der Waals surface area (Å²) in [6, 6.07) is 24.6. The first-order chi connectivity index (χ1) is 31.8. The smallest absolute Gasteiger partial charge is 0.122 e. The van der Waals surface area contributed by atoms with Crippen LogP contribution in [0.3, 0.4) is 0 Å². The number of unbranched alkanes of at least 4 members (excludes halogenated alkanes) is 12. The van der Waals surface area contributed by atoms with E-state index < -0.39 is 0 Å². The fourth-order valence-corrected chi connectivity index (χ4v) is 9.74. The molecule has 0 heterocycles. The second-order valence-corrected chi connectivity index (χ2v) is 17.9. The minimum absolute atomic E-state index is 0.373. The van der Waals surface area contributed by atoms with E-state index in [1.807, 2.05) is 48.5 Å². The van der Waals surface area contributed by atoms with Gasteiger partial charge >= 0.3 is 0 Å². The lowest BCUT2D eigenvalue weighted by Crippen LogP contribution is -2.21. The molecule has 0 unspecified atom stereocenters. The monoisotopic (exact) mass is 897 g/mol. The Morgan fingerprint density at radius 3 is 0.677 bits per heavy atom. The van der Waals surface area contributed by atoms with Gasteiger partial charge in [0.15, 0.2) is 0 Å². The summed E-state index contributed by atoms with van der Waals surface area (Å²) in [5.74, 6) is 7.40. The first-order valence-corrected chi connectivity index (χ1v) is 24.7. The van der Waals surface area contributed by atoms with Crippen molar-refractivity contribution >= 4 is 0 Å². The second-order valence-electron chi connectivity index (χ2n) is 17.9. The van der Waals surface area contributed by atoms with Gasteiger partial charge in [-0.1, -0.05) is 77.0 Å². The summed E-state index contributed by atoms with van der Waals surface area (Å²) in [6.45, 7) is 0. The van der Waals surface area contributed by atoms with Crippen molar-refractivity contribution in [1.29, 1.82) is 0 Å². The maximum absolute atomic E-state index is 5.69. The number of hydrogen-bond donors (Lipinski definition) is 0. The minimum atomic E-state index is 0.373. The highest BCUT2D eigenvalue weighted by molar-refractivity contribution is 5.43. The van der Waals surface area contributed by atoms with Crippen LogP contribution >= 0.6 is 0 Å². The fraction of sp³-hybridized carbons (Fsp3) is 0.579. The molecule has 0 atom stereocenters. The molecule has 0 saturated carbocycles. The van der Waals surface area contributed by atoms with E-state index in [0.717, 1.165) is 97.4 Å². The zero-order valence-corrected chi connectivity index (χ0v) is 41.7. The third kappa shape index (κ3) is 18.2. The lowest BCUT2D eigenvalue weighted by molar-refractivity contribution is 0.171. The zero-order valence-electron chi connectivity index (χ0n) is 41.7. The van der Waals surface area contributed by atoms with Gasteiger partial charge in [-0.15, -0.1) is 0 Å². The van der Waals surface area contributed by atoms with Crippen LogP contribution in [0.2, 0.25) is 0 Å². The van der Waals surface area contributed by atoms with E-state index in [0.29, 0.717) is 5.41 Å². The van der Waals surface area contributed by atoms with E-state index in [9.17, 15) is 0 Å². The number of aryl methyl sites for hydroxylation is 4. The van der Waals surface area contributed by atoms with Crippen LogP contribution in [0.5, 0.6) is 46.0 Å². The molecule has 360 valence electrons. The molecule has 0 spiro atoms. The van der Waals surface area contributed by atoms with Crippen LogP contribution in [-0.4, -0.2) is 56.9 Å². The Bertz CT molecular complexity index is 1630. The normalized spacial score (nSPS) is 11.3. The maximum Gasteiger partial charge on any atom is 0.122 e. The molecule has 0 aliphatic heterocycles. The van der Waals surface area contributed by atoms with Crippen LogP contribution in [0.1, 0.15) is 151 Å². The largest absolute Gasteiger partial charge is 0.497 e. The van der Waals surface area contributed by atoms with Gasteiger partial charge in [0.2, 0.25) is 0 Å².